The summed E-state index contributed by atoms with van der Waals surface area (Å²) in [5, 5.41) is 0. The summed E-state index contributed by atoms with van der Waals surface area (Å²) in [5.74, 6) is 2.10. The van der Waals surface area contributed by atoms with Gasteiger partial charge in [0.1, 0.15) is 11.6 Å². The lowest BCUT2D eigenvalue weighted by Gasteiger charge is -2.38. The Bertz CT molecular complexity index is 614. The minimum Gasteiger partial charge on any atom is -0.493 e. The molecule has 2 fully saturated rings. The molecule has 3 rings (SSSR count). The maximum absolute atomic E-state index is 14.8. The van der Waals surface area contributed by atoms with Crippen molar-refractivity contribution in [3.8, 4) is 5.75 Å². The van der Waals surface area contributed by atoms with Gasteiger partial charge in [0.2, 0.25) is 0 Å². The molecule has 27 heavy (non-hydrogen) atoms. The first kappa shape index (κ1) is 20.3. The van der Waals surface area contributed by atoms with Crippen molar-refractivity contribution in [3.05, 3.63) is 29.1 Å². The smallest absolute Gasteiger partial charge is 0.156 e. The summed E-state index contributed by atoms with van der Waals surface area (Å²) in [7, 11) is 0. The lowest BCUT2D eigenvalue weighted by Crippen LogP contribution is -2.30. The van der Waals surface area contributed by atoms with Gasteiger partial charge in [0.25, 0.3) is 0 Å². The number of hydrogen-bond donors (Lipinski definition) is 0. The van der Waals surface area contributed by atoms with E-state index in [1.165, 1.54) is 38.5 Å². The summed E-state index contributed by atoms with van der Waals surface area (Å²) in [6, 6.07) is 3.41. The molecule has 2 unspecified atom stereocenters. The Morgan fingerprint density at radius 3 is 2.44 bits per heavy atom. The molecular weight excluding hydrogens is 343 g/mol. The molecular formula is C23H33FO3. The minimum atomic E-state index is -0.487. The predicted molar refractivity (Wildman–Crippen MR) is 105 cm³/mol. The second-order valence-corrected chi connectivity index (χ2v) is 8.16. The zero-order valence-corrected chi connectivity index (χ0v) is 16.7. The summed E-state index contributed by atoms with van der Waals surface area (Å²) in [6.45, 7) is 5.20. The fraction of sp³-hybridized carbons (Fsp3) is 0.696. The average molecular weight is 377 g/mol. The van der Waals surface area contributed by atoms with Gasteiger partial charge in [0, 0.05) is 5.56 Å². The van der Waals surface area contributed by atoms with Gasteiger partial charge in [-0.1, -0.05) is 32.6 Å². The SMILES string of the molecule is CCCC1CCC(C2CCC(c3ccc(OCC)c(C=O)c3F)OC2)CC1. The fourth-order valence-corrected chi connectivity index (χ4v) is 4.98. The zero-order valence-electron chi connectivity index (χ0n) is 16.7. The van der Waals surface area contributed by atoms with Gasteiger partial charge in [0.15, 0.2) is 6.29 Å². The molecule has 1 aromatic carbocycles. The largest absolute Gasteiger partial charge is 0.493 e. The van der Waals surface area contributed by atoms with Crippen molar-refractivity contribution in [3.63, 3.8) is 0 Å². The summed E-state index contributed by atoms with van der Waals surface area (Å²) >= 11 is 0. The van der Waals surface area contributed by atoms with Gasteiger partial charge >= 0.3 is 0 Å². The molecule has 0 amide bonds. The maximum Gasteiger partial charge on any atom is 0.156 e. The van der Waals surface area contributed by atoms with E-state index in [0.29, 0.717) is 36.7 Å². The molecule has 150 valence electrons. The third-order valence-electron chi connectivity index (χ3n) is 6.50. The Morgan fingerprint density at radius 1 is 1.11 bits per heavy atom. The predicted octanol–water partition coefficient (Wildman–Crippen LogP) is 6.11. The number of carbonyl (C=O) groups is 1. The zero-order chi connectivity index (χ0) is 19.2. The fourth-order valence-electron chi connectivity index (χ4n) is 4.98. The van der Waals surface area contributed by atoms with Crippen molar-refractivity contribution in [1.29, 1.82) is 0 Å². The van der Waals surface area contributed by atoms with Crippen molar-refractivity contribution in [2.45, 2.75) is 71.3 Å². The van der Waals surface area contributed by atoms with E-state index in [1.54, 1.807) is 12.1 Å². The van der Waals surface area contributed by atoms with Crippen LogP contribution in [0.3, 0.4) is 0 Å². The lowest BCUT2D eigenvalue weighted by molar-refractivity contribution is -0.0419. The Kier molecular flexibility index (Phi) is 7.28. The number of ether oxygens (including phenoxy) is 2. The van der Waals surface area contributed by atoms with Crippen molar-refractivity contribution in [2.75, 3.05) is 13.2 Å². The first-order chi connectivity index (χ1) is 13.2. The third-order valence-corrected chi connectivity index (χ3v) is 6.50. The van der Waals surface area contributed by atoms with Crippen LogP contribution in [0.25, 0.3) is 0 Å². The van der Waals surface area contributed by atoms with Gasteiger partial charge in [0.05, 0.1) is 24.9 Å². The Labute approximate surface area is 162 Å². The number of benzene rings is 1. The van der Waals surface area contributed by atoms with E-state index in [1.807, 2.05) is 6.92 Å². The molecule has 2 aliphatic rings. The van der Waals surface area contributed by atoms with Crippen LogP contribution in [0.15, 0.2) is 12.1 Å². The molecule has 0 bridgehead atoms. The summed E-state index contributed by atoms with van der Waals surface area (Å²) < 4.78 is 26.3. The second-order valence-electron chi connectivity index (χ2n) is 8.16. The highest BCUT2D eigenvalue weighted by molar-refractivity contribution is 5.80. The molecule has 3 nitrogen and oxygen atoms in total. The van der Waals surface area contributed by atoms with Crippen molar-refractivity contribution in [1.82, 2.24) is 0 Å². The van der Waals surface area contributed by atoms with Gasteiger partial charge in [-0.15, -0.1) is 0 Å². The Morgan fingerprint density at radius 2 is 1.85 bits per heavy atom. The second kappa shape index (κ2) is 9.68. The van der Waals surface area contributed by atoms with Crippen LogP contribution in [-0.2, 0) is 4.74 Å². The van der Waals surface area contributed by atoms with E-state index in [9.17, 15) is 9.18 Å². The number of hydrogen-bond acceptors (Lipinski definition) is 3. The van der Waals surface area contributed by atoms with Crippen LogP contribution < -0.4 is 4.74 Å². The summed E-state index contributed by atoms with van der Waals surface area (Å²) in [4.78, 5) is 11.3. The third kappa shape index (κ3) is 4.71. The molecule has 2 atom stereocenters. The van der Waals surface area contributed by atoms with Crippen LogP contribution in [0.4, 0.5) is 4.39 Å². The molecule has 0 radical (unpaired) electrons. The molecule has 0 spiro atoms. The number of halogens is 1. The Hall–Kier alpha value is -1.42. The van der Waals surface area contributed by atoms with E-state index in [0.717, 1.165) is 24.7 Å². The number of rotatable bonds is 7. The first-order valence-electron chi connectivity index (χ1n) is 10.7. The summed E-state index contributed by atoms with van der Waals surface area (Å²) in [6.07, 6.45) is 10.2. The molecule has 1 saturated carbocycles. The van der Waals surface area contributed by atoms with Gasteiger partial charge in [-0.05, 0) is 62.5 Å². The van der Waals surface area contributed by atoms with Gasteiger partial charge in [-0.3, -0.25) is 4.79 Å². The van der Waals surface area contributed by atoms with Crippen LogP contribution in [0.2, 0.25) is 0 Å². The van der Waals surface area contributed by atoms with E-state index in [-0.39, 0.29) is 11.7 Å². The van der Waals surface area contributed by atoms with Gasteiger partial charge in [-0.25, -0.2) is 4.39 Å². The number of aldehydes is 1. The van der Waals surface area contributed by atoms with E-state index in [2.05, 4.69) is 6.92 Å². The molecule has 4 heteroatoms. The highest BCUT2D eigenvalue weighted by Crippen LogP contribution is 2.42. The van der Waals surface area contributed by atoms with Crippen LogP contribution >= 0.6 is 0 Å². The van der Waals surface area contributed by atoms with Crippen LogP contribution in [-0.4, -0.2) is 19.5 Å². The number of carbonyl (C=O) groups excluding carboxylic acids is 1. The minimum absolute atomic E-state index is 0.00863. The summed E-state index contributed by atoms with van der Waals surface area (Å²) in [5.41, 5.74) is 0.500. The van der Waals surface area contributed by atoms with Crippen LogP contribution in [0.5, 0.6) is 5.75 Å². The first-order valence-corrected chi connectivity index (χ1v) is 10.7. The molecule has 0 aromatic heterocycles. The maximum atomic E-state index is 14.8. The quantitative estimate of drug-likeness (QED) is 0.539. The van der Waals surface area contributed by atoms with Crippen molar-refractivity contribution < 1.29 is 18.7 Å². The average Bonchev–Trinajstić information content (AvgIpc) is 2.70. The molecule has 0 N–H and O–H groups in total. The lowest BCUT2D eigenvalue weighted by atomic mass is 9.73. The highest BCUT2D eigenvalue weighted by Gasteiger charge is 2.33. The van der Waals surface area contributed by atoms with Gasteiger partial charge in [-0.2, -0.15) is 0 Å². The van der Waals surface area contributed by atoms with Crippen molar-refractivity contribution in [2.24, 2.45) is 17.8 Å². The monoisotopic (exact) mass is 376 g/mol. The van der Waals surface area contributed by atoms with E-state index >= 15 is 0 Å². The molecule has 1 saturated heterocycles. The molecule has 1 aromatic rings. The standard InChI is InChI=1S/C23H33FO3/c1-3-5-16-6-8-17(9-7-16)18-10-12-21(27-15-18)19-11-13-22(26-4-2)20(14-25)23(19)24/h11,13-14,16-18,21H,3-10,12,15H2,1-2H3. The van der Waals surface area contributed by atoms with Crippen LogP contribution in [0.1, 0.15) is 87.2 Å². The Balaban J connectivity index is 1.59. The normalized spacial score (nSPS) is 28.7. The highest BCUT2D eigenvalue weighted by atomic mass is 19.1. The van der Waals surface area contributed by atoms with E-state index < -0.39 is 5.82 Å². The van der Waals surface area contributed by atoms with Gasteiger partial charge < -0.3 is 9.47 Å². The van der Waals surface area contributed by atoms with Crippen LogP contribution in [0, 0.1) is 23.6 Å². The topological polar surface area (TPSA) is 35.5 Å². The van der Waals surface area contributed by atoms with Crippen molar-refractivity contribution >= 4 is 6.29 Å². The molecule has 1 aliphatic heterocycles. The van der Waals surface area contributed by atoms with E-state index in [4.69, 9.17) is 9.47 Å². The molecule has 1 heterocycles. The molecule has 1 aliphatic carbocycles.